The van der Waals surface area contributed by atoms with E-state index in [4.69, 9.17) is 11.6 Å². The number of amides is 1. The van der Waals surface area contributed by atoms with E-state index >= 15 is 0 Å². The normalized spacial score (nSPS) is 13.8. The first-order chi connectivity index (χ1) is 12.4. The summed E-state index contributed by atoms with van der Waals surface area (Å²) in [6, 6.07) is 10.9. The fraction of sp³-hybridized carbons (Fsp3) is 0.200. The van der Waals surface area contributed by atoms with Crippen molar-refractivity contribution in [2.45, 2.75) is 25.9 Å². The van der Waals surface area contributed by atoms with Gasteiger partial charge in [-0.3, -0.25) is 9.59 Å². The minimum absolute atomic E-state index is 0.171. The molecule has 0 aliphatic carbocycles. The highest BCUT2D eigenvalue weighted by molar-refractivity contribution is 9.10. The smallest absolute Gasteiger partial charge is 0.257 e. The van der Waals surface area contributed by atoms with E-state index in [1.54, 1.807) is 24.4 Å². The van der Waals surface area contributed by atoms with Gasteiger partial charge in [-0.25, -0.2) is 0 Å². The van der Waals surface area contributed by atoms with Gasteiger partial charge in [0.25, 0.3) is 5.91 Å². The number of aromatic nitrogens is 1. The van der Waals surface area contributed by atoms with Gasteiger partial charge in [-0.15, -0.1) is 0 Å². The van der Waals surface area contributed by atoms with Crippen molar-refractivity contribution in [3.05, 3.63) is 79.0 Å². The van der Waals surface area contributed by atoms with Crippen molar-refractivity contribution in [3.8, 4) is 0 Å². The van der Waals surface area contributed by atoms with Gasteiger partial charge in [0.15, 0.2) is 0 Å². The third-order valence-corrected chi connectivity index (χ3v) is 5.51. The number of nitrogens with zero attached hydrogens (tertiary/aromatic N) is 1. The molecule has 132 valence electrons. The van der Waals surface area contributed by atoms with Crippen molar-refractivity contribution in [2.24, 2.45) is 0 Å². The molecule has 0 bridgehead atoms. The fourth-order valence-electron chi connectivity index (χ4n) is 3.47. The Labute approximate surface area is 163 Å². The Morgan fingerprint density at radius 1 is 1.27 bits per heavy atom. The second-order valence-electron chi connectivity index (χ2n) is 6.52. The van der Waals surface area contributed by atoms with Gasteiger partial charge in [0.2, 0.25) is 5.43 Å². The van der Waals surface area contributed by atoms with Crippen LogP contribution in [0.25, 0.3) is 10.9 Å². The zero-order chi connectivity index (χ0) is 18.4. The zero-order valence-electron chi connectivity index (χ0n) is 14.1. The molecule has 0 unspecified atom stereocenters. The zero-order valence-corrected chi connectivity index (χ0v) is 16.4. The molecule has 1 atom stereocenters. The lowest BCUT2D eigenvalue weighted by molar-refractivity contribution is 0.0938. The van der Waals surface area contributed by atoms with Crippen LogP contribution in [-0.4, -0.2) is 10.5 Å². The molecule has 1 N–H and O–H groups in total. The molecule has 4 nitrogen and oxygen atoms in total. The maximum atomic E-state index is 12.9. The predicted octanol–water partition coefficient (Wildman–Crippen LogP) is 4.46. The van der Waals surface area contributed by atoms with Crippen LogP contribution in [0.1, 0.15) is 34.5 Å². The summed E-state index contributed by atoms with van der Waals surface area (Å²) >= 11 is 9.37. The van der Waals surface area contributed by atoms with Crippen LogP contribution in [0.15, 0.2) is 51.9 Å². The first-order valence-corrected chi connectivity index (χ1v) is 9.53. The number of hydrogen-bond donors (Lipinski definition) is 1. The summed E-state index contributed by atoms with van der Waals surface area (Å²) in [7, 11) is 0. The number of carbonyl (C=O) groups excluding carboxylic acids is 1. The third-order valence-electron chi connectivity index (χ3n) is 4.80. The maximum absolute atomic E-state index is 12.9. The molecule has 2 aromatic carbocycles. The molecule has 3 aromatic rings. The first-order valence-electron chi connectivity index (χ1n) is 8.36. The molecular formula is C20H16BrClN2O2. The minimum atomic E-state index is -0.364. The third kappa shape index (κ3) is 2.95. The van der Waals surface area contributed by atoms with Crippen molar-refractivity contribution >= 4 is 44.3 Å². The number of rotatable bonds is 3. The molecule has 26 heavy (non-hydrogen) atoms. The molecule has 1 aliphatic rings. The molecule has 0 spiro atoms. The summed E-state index contributed by atoms with van der Waals surface area (Å²) < 4.78 is 2.86. The number of nitrogens with one attached hydrogen (secondary N) is 1. The van der Waals surface area contributed by atoms with Gasteiger partial charge in [0.05, 0.1) is 11.6 Å². The van der Waals surface area contributed by atoms with Gasteiger partial charge in [-0.1, -0.05) is 39.7 Å². The quantitative estimate of drug-likeness (QED) is 0.665. The van der Waals surface area contributed by atoms with Crippen LogP contribution in [0.4, 0.5) is 0 Å². The Morgan fingerprint density at radius 2 is 2.00 bits per heavy atom. The number of carbonyl (C=O) groups is 1. The standard InChI is InChI=1S/C20H16BrClN2O2/c1-11(12-2-4-15(22)5-3-12)23-20(26)17-10-24-7-6-13-8-14(21)9-16(18(13)24)19(17)25/h2-5,8-11H,6-7H2,1H3,(H,23,26)/t11-/m1/s1. The second-order valence-corrected chi connectivity index (χ2v) is 7.88. The molecule has 0 saturated heterocycles. The molecule has 0 radical (unpaired) electrons. The van der Waals surface area contributed by atoms with Crippen LogP contribution in [0.3, 0.4) is 0 Å². The van der Waals surface area contributed by atoms with E-state index in [-0.39, 0.29) is 22.9 Å². The van der Waals surface area contributed by atoms with Gasteiger partial charge < -0.3 is 9.88 Å². The Balaban J connectivity index is 1.71. The van der Waals surface area contributed by atoms with Gasteiger partial charge in [0, 0.05) is 27.6 Å². The molecule has 2 heterocycles. The van der Waals surface area contributed by atoms with E-state index in [0.717, 1.165) is 34.1 Å². The van der Waals surface area contributed by atoms with Crippen LogP contribution in [0, 0.1) is 0 Å². The van der Waals surface area contributed by atoms with Crippen LogP contribution in [-0.2, 0) is 13.0 Å². The van der Waals surface area contributed by atoms with Crippen LogP contribution >= 0.6 is 27.5 Å². The lowest BCUT2D eigenvalue weighted by Gasteiger charge is -2.15. The molecular weight excluding hydrogens is 416 g/mol. The van der Waals surface area contributed by atoms with Gasteiger partial charge in [0.1, 0.15) is 5.56 Å². The summed E-state index contributed by atoms with van der Waals surface area (Å²) in [5, 5.41) is 4.14. The van der Waals surface area contributed by atoms with Gasteiger partial charge in [-0.05, 0) is 48.7 Å². The highest BCUT2D eigenvalue weighted by Gasteiger charge is 2.22. The van der Waals surface area contributed by atoms with Crippen LogP contribution in [0.5, 0.6) is 0 Å². The Morgan fingerprint density at radius 3 is 2.73 bits per heavy atom. The SMILES string of the molecule is C[C@@H](NC(=O)c1cn2c3c(cc(Br)cc3c1=O)CC2)c1ccc(Cl)cc1. The lowest BCUT2D eigenvalue weighted by Crippen LogP contribution is -2.31. The molecule has 1 aliphatic heterocycles. The maximum Gasteiger partial charge on any atom is 0.257 e. The van der Waals surface area contributed by atoms with Gasteiger partial charge in [-0.2, -0.15) is 0 Å². The molecule has 0 fully saturated rings. The minimum Gasteiger partial charge on any atom is -0.346 e. The average molecular weight is 432 g/mol. The lowest BCUT2D eigenvalue weighted by atomic mass is 10.1. The summed E-state index contributed by atoms with van der Waals surface area (Å²) in [4.78, 5) is 25.7. The van der Waals surface area contributed by atoms with E-state index in [1.807, 2.05) is 29.7 Å². The number of hydrogen-bond acceptors (Lipinski definition) is 2. The molecule has 4 rings (SSSR count). The van der Waals surface area contributed by atoms with E-state index in [2.05, 4.69) is 21.2 Å². The average Bonchev–Trinajstić information content (AvgIpc) is 3.01. The van der Waals surface area contributed by atoms with E-state index < -0.39 is 0 Å². The van der Waals surface area contributed by atoms with Gasteiger partial charge >= 0.3 is 0 Å². The van der Waals surface area contributed by atoms with Crippen molar-refractivity contribution in [1.29, 1.82) is 0 Å². The Kier molecular flexibility index (Phi) is 4.37. The first kappa shape index (κ1) is 17.3. The van der Waals surface area contributed by atoms with E-state index in [9.17, 15) is 9.59 Å². The van der Waals surface area contributed by atoms with Crippen molar-refractivity contribution in [3.63, 3.8) is 0 Å². The van der Waals surface area contributed by atoms with Crippen LogP contribution in [0.2, 0.25) is 5.02 Å². The summed E-state index contributed by atoms with van der Waals surface area (Å²) in [6.45, 7) is 2.66. The Bertz CT molecular complexity index is 1090. The van der Waals surface area contributed by atoms with Crippen molar-refractivity contribution in [1.82, 2.24) is 9.88 Å². The number of pyridine rings is 1. The number of halogens is 2. The largest absolute Gasteiger partial charge is 0.346 e. The monoisotopic (exact) mass is 430 g/mol. The molecule has 1 amide bonds. The van der Waals surface area contributed by atoms with E-state index in [1.165, 1.54) is 0 Å². The summed E-state index contributed by atoms with van der Waals surface area (Å²) in [5.74, 6) is -0.364. The summed E-state index contributed by atoms with van der Waals surface area (Å²) in [5.41, 5.74) is 2.93. The molecule has 0 saturated carbocycles. The van der Waals surface area contributed by atoms with Crippen LogP contribution < -0.4 is 10.7 Å². The highest BCUT2D eigenvalue weighted by atomic mass is 79.9. The second kappa shape index (κ2) is 6.56. The number of aryl methyl sites for hydroxylation is 2. The fourth-order valence-corrected chi connectivity index (χ4v) is 4.10. The number of benzene rings is 2. The Hall–Kier alpha value is -2.11. The van der Waals surface area contributed by atoms with E-state index in [0.29, 0.717) is 10.4 Å². The predicted molar refractivity (Wildman–Crippen MR) is 107 cm³/mol. The molecule has 1 aromatic heterocycles. The molecule has 6 heteroatoms. The summed E-state index contributed by atoms with van der Waals surface area (Å²) in [6.07, 6.45) is 2.54. The van der Waals surface area contributed by atoms with Crippen molar-refractivity contribution in [2.75, 3.05) is 0 Å². The highest BCUT2D eigenvalue weighted by Crippen LogP contribution is 2.28. The topological polar surface area (TPSA) is 51.1 Å². The van der Waals surface area contributed by atoms with Crippen molar-refractivity contribution < 1.29 is 4.79 Å².